The van der Waals surface area contributed by atoms with E-state index in [1.54, 1.807) is 0 Å². The molecule has 0 saturated heterocycles. The van der Waals surface area contributed by atoms with Crippen molar-refractivity contribution in [3.8, 4) is 0 Å². The largest absolute Gasteiger partial charge is 0.294 e. The molecule has 0 radical (unpaired) electrons. The molecule has 0 fully saturated rings. The van der Waals surface area contributed by atoms with Gasteiger partial charge in [0.05, 0.1) is 0 Å². The van der Waals surface area contributed by atoms with Crippen LogP contribution in [0.1, 0.15) is 6.92 Å². The maximum Gasteiger partial charge on any atom is 0.161 e. The van der Waals surface area contributed by atoms with E-state index in [0.29, 0.717) is 0 Å². The highest BCUT2D eigenvalue weighted by atomic mass is 32.2. The molecule has 2 N–H and O–H groups in total. The van der Waals surface area contributed by atoms with Crippen molar-refractivity contribution < 1.29 is 9.00 Å². The average Bonchev–Trinajstić information content (AvgIpc) is 1.21. The van der Waals surface area contributed by atoms with Gasteiger partial charge in [-0.1, -0.05) is 0 Å². The number of carbonyl (C=O) groups excluding carboxylic acids is 1. The molecule has 0 amide bonds. The molecule has 0 aliphatic carbocycles. The second kappa shape index (κ2) is 2.28. The fourth-order valence-corrected chi connectivity index (χ4v) is 0.989. The van der Waals surface area contributed by atoms with Gasteiger partial charge in [0.25, 0.3) is 0 Å². The van der Waals surface area contributed by atoms with E-state index in [2.05, 4.69) is 0 Å². The monoisotopic (exact) mass is 135 g/mol. The van der Waals surface area contributed by atoms with Crippen LogP contribution in [0.25, 0.3) is 0 Å². The SMILES string of the molecule is CC(=O)C=S(C)(N)=O. The Hall–Kier alpha value is -0.350. The van der Waals surface area contributed by atoms with E-state index >= 15 is 0 Å². The van der Waals surface area contributed by atoms with Crippen molar-refractivity contribution in [3.05, 3.63) is 0 Å². The third-order valence-electron chi connectivity index (χ3n) is 0.400. The molecule has 0 aliphatic rings. The molecule has 8 heavy (non-hydrogen) atoms. The van der Waals surface area contributed by atoms with Gasteiger partial charge in [0.2, 0.25) is 0 Å². The number of hydrogen-bond donors (Lipinski definition) is 1. The van der Waals surface area contributed by atoms with Crippen molar-refractivity contribution in [2.75, 3.05) is 6.26 Å². The summed E-state index contributed by atoms with van der Waals surface area (Å²) in [4.78, 5) is 10.1. The van der Waals surface area contributed by atoms with Crippen LogP contribution in [0.4, 0.5) is 0 Å². The van der Waals surface area contributed by atoms with Crippen LogP contribution in [0.3, 0.4) is 0 Å². The molecule has 0 heterocycles. The van der Waals surface area contributed by atoms with Gasteiger partial charge in [-0.05, 0) is 6.92 Å². The smallest absolute Gasteiger partial charge is 0.161 e. The minimum atomic E-state index is -2.45. The number of nitrogens with two attached hydrogens (primary N) is 1. The number of ketones is 1. The Bertz CT molecular complexity index is 192. The predicted octanol–water partition coefficient (Wildman–Crippen LogP) is -0.834. The molecule has 0 spiro atoms. The van der Waals surface area contributed by atoms with Crippen LogP contribution in [0.2, 0.25) is 0 Å². The Balaban J connectivity index is 4.44. The third-order valence-corrected chi connectivity index (χ3v) is 1.20. The summed E-state index contributed by atoms with van der Waals surface area (Å²) >= 11 is 0. The van der Waals surface area contributed by atoms with E-state index in [4.69, 9.17) is 5.14 Å². The molecule has 0 aromatic heterocycles. The van der Waals surface area contributed by atoms with E-state index < -0.39 is 9.71 Å². The van der Waals surface area contributed by atoms with Crippen molar-refractivity contribution in [2.24, 2.45) is 5.14 Å². The molecule has 48 valence electrons. The van der Waals surface area contributed by atoms with Gasteiger partial charge in [0, 0.05) is 21.3 Å². The lowest BCUT2D eigenvalue weighted by Gasteiger charge is -1.88. The summed E-state index contributed by atoms with van der Waals surface area (Å²) in [6.07, 6.45) is 1.31. The highest BCUT2D eigenvalue weighted by Gasteiger charge is 1.89. The Morgan fingerprint density at radius 1 is 1.75 bits per heavy atom. The van der Waals surface area contributed by atoms with Crippen LogP contribution in [-0.4, -0.2) is 21.6 Å². The number of Topliss-reactive ketones (excluding diaryl/α,β-unsaturated/α-hetero) is 1. The Morgan fingerprint density at radius 3 is 2.12 bits per heavy atom. The standard InChI is InChI=1S/C4H9NO2S/c1-4(6)3-8(2,5)7/h3H,1-2H3,(H2,5,7). The first-order chi connectivity index (χ1) is 3.42. The van der Waals surface area contributed by atoms with E-state index in [1.165, 1.54) is 13.2 Å². The lowest BCUT2D eigenvalue weighted by atomic mass is 10.5. The zero-order valence-corrected chi connectivity index (χ0v) is 5.70. The van der Waals surface area contributed by atoms with Crippen molar-refractivity contribution in [1.29, 1.82) is 0 Å². The molecule has 0 saturated carbocycles. The van der Waals surface area contributed by atoms with Gasteiger partial charge in [-0.3, -0.25) is 14.1 Å². The lowest BCUT2D eigenvalue weighted by Crippen LogP contribution is -2.15. The van der Waals surface area contributed by atoms with Gasteiger partial charge in [0.15, 0.2) is 5.78 Å². The fourth-order valence-electron chi connectivity index (χ4n) is 0.330. The number of carbonyl (C=O) groups is 1. The number of hydrogen-bond acceptors (Lipinski definition) is 2. The summed E-state index contributed by atoms with van der Waals surface area (Å²) in [5.41, 5.74) is 0. The first kappa shape index (κ1) is 7.65. The first-order valence-corrected chi connectivity index (χ1v) is 4.13. The highest BCUT2D eigenvalue weighted by molar-refractivity contribution is 7.99. The van der Waals surface area contributed by atoms with Gasteiger partial charge in [-0.2, -0.15) is 0 Å². The molecule has 1 unspecified atom stereocenters. The molecule has 0 aromatic carbocycles. The predicted molar refractivity (Wildman–Crippen MR) is 35.0 cm³/mol. The van der Waals surface area contributed by atoms with E-state index in [-0.39, 0.29) is 5.78 Å². The van der Waals surface area contributed by atoms with Crippen LogP contribution in [0.15, 0.2) is 0 Å². The molecule has 3 nitrogen and oxygen atoms in total. The number of rotatable bonds is 1. The van der Waals surface area contributed by atoms with Crippen molar-refractivity contribution in [1.82, 2.24) is 0 Å². The molecule has 0 rings (SSSR count). The van der Waals surface area contributed by atoms with Crippen molar-refractivity contribution in [3.63, 3.8) is 0 Å². The Labute approximate surface area is 49.0 Å². The molecular weight excluding hydrogens is 126 g/mol. The average molecular weight is 135 g/mol. The van der Waals surface area contributed by atoms with Crippen LogP contribution >= 0.6 is 0 Å². The summed E-state index contributed by atoms with van der Waals surface area (Å²) in [5, 5.41) is 6.01. The Morgan fingerprint density at radius 2 is 2.12 bits per heavy atom. The zero-order chi connectivity index (χ0) is 6.78. The molecule has 4 heteroatoms. The van der Waals surface area contributed by atoms with E-state index in [1.807, 2.05) is 0 Å². The molecule has 1 atom stereocenters. The van der Waals surface area contributed by atoms with E-state index in [0.717, 1.165) is 5.37 Å². The lowest BCUT2D eigenvalue weighted by molar-refractivity contribution is -0.110. The van der Waals surface area contributed by atoms with Crippen LogP contribution in [0, 0.1) is 0 Å². The second-order valence-electron chi connectivity index (χ2n) is 1.70. The minimum Gasteiger partial charge on any atom is -0.294 e. The van der Waals surface area contributed by atoms with Gasteiger partial charge >= 0.3 is 0 Å². The zero-order valence-electron chi connectivity index (χ0n) is 4.88. The van der Waals surface area contributed by atoms with Gasteiger partial charge in [0.1, 0.15) is 0 Å². The van der Waals surface area contributed by atoms with Gasteiger partial charge in [-0.25, -0.2) is 0 Å². The molecule has 0 bridgehead atoms. The summed E-state index contributed by atoms with van der Waals surface area (Å²) in [7, 11) is -2.45. The van der Waals surface area contributed by atoms with Gasteiger partial charge in [-0.15, -0.1) is 0 Å². The summed E-state index contributed by atoms with van der Waals surface area (Å²) in [6, 6.07) is 0. The Kier molecular flexibility index (Phi) is 2.18. The quantitative estimate of drug-likeness (QED) is 0.477. The summed E-state index contributed by atoms with van der Waals surface area (Å²) in [5.74, 6) is -0.250. The fraction of sp³-hybridized carbons (Fsp3) is 0.500. The summed E-state index contributed by atoms with van der Waals surface area (Å²) in [6.45, 7) is 1.32. The maximum absolute atomic E-state index is 10.5. The topological polar surface area (TPSA) is 60.2 Å². The van der Waals surface area contributed by atoms with Crippen LogP contribution in [-0.2, 0) is 14.5 Å². The van der Waals surface area contributed by atoms with Gasteiger partial charge < -0.3 is 0 Å². The van der Waals surface area contributed by atoms with Crippen molar-refractivity contribution >= 4 is 20.9 Å². The maximum atomic E-state index is 10.5. The first-order valence-electron chi connectivity index (χ1n) is 2.04. The van der Waals surface area contributed by atoms with Crippen LogP contribution in [0.5, 0.6) is 0 Å². The molecule has 0 aromatic rings. The normalized spacial score (nSPS) is 16.9. The highest BCUT2D eigenvalue weighted by Crippen LogP contribution is 1.67. The van der Waals surface area contributed by atoms with Crippen molar-refractivity contribution in [2.45, 2.75) is 6.92 Å². The van der Waals surface area contributed by atoms with Crippen LogP contribution < -0.4 is 5.14 Å². The second-order valence-corrected chi connectivity index (χ2v) is 3.86. The minimum absolute atomic E-state index is 0.250. The molecular formula is C4H9NO2S. The third kappa shape index (κ3) is 5.65. The summed E-state index contributed by atoms with van der Waals surface area (Å²) < 4.78 is 10.5. The van der Waals surface area contributed by atoms with E-state index in [9.17, 15) is 9.00 Å². The molecule has 0 aliphatic heterocycles.